The first kappa shape index (κ1) is 26.2. The van der Waals surface area contributed by atoms with E-state index in [2.05, 4.69) is 46.7 Å². The minimum atomic E-state index is 0. The molecule has 0 saturated carbocycles. The molecule has 1 aliphatic rings. The van der Waals surface area contributed by atoms with Crippen LogP contribution in [-0.4, -0.2) is 62.5 Å². The molecule has 0 unspecified atom stereocenters. The highest BCUT2D eigenvalue weighted by atomic mass is 127. The number of morpholine rings is 1. The molecule has 0 aliphatic carbocycles. The number of ether oxygens (including phenoxy) is 2. The lowest BCUT2D eigenvalue weighted by atomic mass is 10.1. The van der Waals surface area contributed by atoms with Gasteiger partial charge in [0.25, 0.3) is 0 Å². The molecule has 32 heavy (non-hydrogen) atoms. The molecule has 3 N–H and O–H groups in total. The van der Waals surface area contributed by atoms with E-state index in [1.807, 2.05) is 12.1 Å². The summed E-state index contributed by atoms with van der Waals surface area (Å²) in [5, 5.41) is 16.8. The first-order valence-electron chi connectivity index (χ1n) is 10.9. The Morgan fingerprint density at radius 3 is 2.53 bits per heavy atom. The number of methoxy groups -OCH3 is 1. The third kappa shape index (κ3) is 8.14. The summed E-state index contributed by atoms with van der Waals surface area (Å²) in [5.74, 6) is 1.68. The standard InChI is InChI=1S/C24H34N4O3.HI/c1-3-25-24(26-11-10-19-8-9-22(30-2)16-23(19)29)27-17-20-6-4-5-7-21(20)18-28-12-14-31-15-13-28;/h4-9,16,29H,3,10-15,17-18H2,1-2H3,(H2,25,26,27);1H. The minimum Gasteiger partial charge on any atom is -0.508 e. The van der Waals surface area contributed by atoms with Crippen molar-refractivity contribution in [3.63, 3.8) is 0 Å². The fourth-order valence-electron chi connectivity index (χ4n) is 3.57. The Labute approximate surface area is 208 Å². The van der Waals surface area contributed by atoms with Crippen molar-refractivity contribution in [1.82, 2.24) is 15.5 Å². The van der Waals surface area contributed by atoms with E-state index in [4.69, 9.17) is 14.5 Å². The van der Waals surface area contributed by atoms with E-state index in [1.165, 1.54) is 11.1 Å². The van der Waals surface area contributed by atoms with Crippen molar-refractivity contribution < 1.29 is 14.6 Å². The Morgan fingerprint density at radius 2 is 1.84 bits per heavy atom. The zero-order valence-electron chi connectivity index (χ0n) is 19.0. The second kappa shape index (κ2) is 14.2. The zero-order valence-corrected chi connectivity index (χ0v) is 21.3. The summed E-state index contributed by atoms with van der Waals surface area (Å²) in [6.45, 7) is 8.60. The van der Waals surface area contributed by atoms with Gasteiger partial charge in [0.15, 0.2) is 5.96 Å². The van der Waals surface area contributed by atoms with Crippen LogP contribution in [-0.2, 0) is 24.2 Å². The van der Waals surface area contributed by atoms with Crippen molar-refractivity contribution >= 4 is 29.9 Å². The molecule has 1 fully saturated rings. The summed E-state index contributed by atoms with van der Waals surface area (Å²) in [6, 6.07) is 13.9. The second-order valence-electron chi connectivity index (χ2n) is 7.52. The number of phenols is 1. The van der Waals surface area contributed by atoms with Crippen LogP contribution in [0.5, 0.6) is 11.5 Å². The molecular formula is C24H35IN4O3. The van der Waals surface area contributed by atoms with Crippen molar-refractivity contribution in [3.05, 3.63) is 59.2 Å². The quantitative estimate of drug-likeness (QED) is 0.251. The van der Waals surface area contributed by atoms with Gasteiger partial charge in [-0.1, -0.05) is 30.3 Å². The van der Waals surface area contributed by atoms with Gasteiger partial charge in [0.1, 0.15) is 11.5 Å². The van der Waals surface area contributed by atoms with Gasteiger partial charge >= 0.3 is 0 Å². The van der Waals surface area contributed by atoms with E-state index >= 15 is 0 Å². The highest BCUT2D eigenvalue weighted by Gasteiger charge is 2.12. The molecule has 3 rings (SSSR count). The number of guanidine groups is 1. The molecule has 1 aliphatic heterocycles. The number of phenolic OH excluding ortho intramolecular Hbond substituents is 1. The Balaban J connectivity index is 0.00000363. The van der Waals surface area contributed by atoms with Gasteiger partial charge in [0, 0.05) is 38.8 Å². The molecule has 2 aromatic rings. The Kier molecular flexibility index (Phi) is 11.6. The van der Waals surface area contributed by atoms with Crippen molar-refractivity contribution in [2.24, 2.45) is 4.99 Å². The third-order valence-corrected chi connectivity index (χ3v) is 5.35. The van der Waals surface area contributed by atoms with Crippen LogP contribution >= 0.6 is 24.0 Å². The predicted molar refractivity (Wildman–Crippen MR) is 139 cm³/mol. The molecule has 8 heteroatoms. The molecule has 0 bridgehead atoms. The molecule has 1 heterocycles. The van der Waals surface area contributed by atoms with Crippen LogP contribution in [0.1, 0.15) is 23.6 Å². The summed E-state index contributed by atoms with van der Waals surface area (Å²) >= 11 is 0. The number of rotatable bonds is 9. The van der Waals surface area contributed by atoms with Gasteiger partial charge in [-0.05, 0) is 36.1 Å². The lowest BCUT2D eigenvalue weighted by Crippen LogP contribution is -2.38. The monoisotopic (exact) mass is 554 g/mol. The van der Waals surface area contributed by atoms with Gasteiger partial charge in [0.05, 0.1) is 26.9 Å². The van der Waals surface area contributed by atoms with Gasteiger partial charge in [-0.25, -0.2) is 4.99 Å². The van der Waals surface area contributed by atoms with Gasteiger partial charge < -0.3 is 25.2 Å². The van der Waals surface area contributed by atoms with Crippen LogP contribution in [0.25, 0.3) is 0 Å². The number of nitrogens with zero attached hydrogens (tertiary/aromatic N) is 2. The topological polar surface area (TPSA) is 78.4 Å². The molecule has 0 atom stereocenters. The summed E-state index contributed by atoms with van der Waals surface area (Å²) in [7, 11) is 1.59. The first-order valence-corrected chi connectivity index (χ1v) is 10.9. The summed E-state index contributed by atoms with van der Waals surface area (Å²) in [4.78, 5) is 7.21. The average Bonchev–Trinajstić information content (AvgIpc) is 2.80. The predicted octanol–water partition coefficient (Wildman–Crippen LogP) is 3.15. The normalized spacial score (nSPS) is 14.5. The number of halogens is 1. The highest BCUT2D eigenvalue weighted by Crippen LogP contribution is 2.23. The smallest absolute Gasteiger partial charge is 0.191 e. The highest BCUT2D eigenvalue weighted by molar-refractivity contribution is 14.0. The van der Waals surface area contributed by atoms with Crippen molar-refractivity contribution in [2.45, 2.75) is 26.4 Å². The lowest BCUT2D eigenvalue weighted by Gasteiger charge is -2.27. The SMILES string of the molecule is CCNC(=NCc1ccccc1CN1CCOCC1)NCCc1ccc(OC)cc1O.I. The van der Waals surface area contributed by atoms with E-state index < -0.39 is 0 Å². The van der Waals surface area contributed by atoms with E-state index in [0.29, 0.717) is 25.3 Å². The van der Waals surface area contributed by atoms with Crippen molar-refractivity contribution in [1.29, 1.82) is 0 Å². The third-order valence-electron chi connectivity index (χ3n) is 5.35. The molecule has 7 nitrogen and oxygen atoms in total. The average molecular weight is 554 g/mol. The maximum absolute atomic E-state index is 10.1. The number of nitrogens with one attached hydrogen (secondary N) is 2. The molecular weight excluding hydrogens is 519 g/mol. The van der Waals surface area contributed by atoms with Gasteiger partial charge in [-0.3, -0.25) is 4.90 Å². The molecule has 2 aromatic carbocycles. The molecule has 1 saturated heterocycles. The van der Waals surface area contributed by atoms with E-state index in [1.54, 1.807) is 13.2 Å². The van der Waals surface area contributed by atoms with Crippen LogP contribution in [0.2, 0.25) is 0 Å². The lowest BCUT2D eigenvalue weighted by molar-refractivity contribution is 0.0341. The Hall–Kier alpha value is -2.04. The minimum absolute atomic E-state index is 0. The van der Waals surface area contributed by atoms with Crippen LogP contribution in [0.4, 0.5) is 0 Å². The largest absolute Gasteiger partial charge is 0.508 e. The Morgan fingerprint density at radius 1 is 1.09 bits per heavy atom. The van der Waals surface area contributed by atoms with E-state index in [-0.39, 0.29) is 29.7 Å². The van der Waals surface area contributed by atoms with Crippen LogP contribution < -0.4 is 15.4 Å². The molecule has 0 aromatic heterocycles. The van der Waals surface area contributed by atoms with Crippen LogP contribution in [0, 0.1) is 0 Å². The number of aliphatic imine (C=N–C) groups is 1. The van der Waals surface area contributed by atoms with E-state index in [0.717, 1.165) is 50.9 Å². The molecule has 0 spiro atoms. The maximum Gasteiger partial charge on any atom is 0.191 e. The van der Waals surface area contributed by atoms with Crippen LogP contribution in [0.15, 0.2) is 47.5 Å². The second-order valence-corrected chi connectivity index (χ2v) is 7.52. The fourth-order valence-corrected chi connectivity index (χ4v) is 3.57. The van der Waals surface area contributed by atoms with Crippen LogP contribution in [0.3, 0.4) is 0 Å². The fraction of sp³-hybridized carbons (Fsp3) is 0.458. The van der Waals surface area contributed by atoms with Gasteiger partial charge in [-0.2, -0.15) is 0 Å². The molecule has 176 valence electrons. The van der Waals surface area contributed by atoms with Crippen molar-refractivity contribution in [2.75, 3.05) is 46.5 Å². The maximum atomic E-state index is 10.1. The zero-order chi connectivity index (χ0) is 21.9. The van der Waals surface area contributed by atoms with Gasteiger partial charge in [0.2, 0.25) is 0 Å². The number of hydrogen-bond donors (Lipinski definition) is 3. The first-order chi connectivity index (χ1) is 15.2. The number of benzene rings is 2. The number of aromatic hydroxyl groups is 1. The summed E-state index contributed by atoms with van der Waals surface area (Å²) in [5.41, 5.74) is 3.42. The summed E-state index contributed by atoms with van der Waals surface area (Å²) < 4.78 is 10.6. The Bertz CT molecular complexity index is 857. The molecule has 0 radical (unpaired) electrons. The van der Waals surface area contributed by atoms with Gasteiger partial charge in [-0.15, -0.1) is 24.0 Å². The van der Waals surface area contributed by atoms with Crippen molar-refractivity contribution in [3.8, 4) is 11.5 Å². The van der Waals surface area contributed by atoms with E-state index in [9.17, 15) is 5.11 Å². The summed E-state index contributed by atoms with van der Waals surface area (Å²) in [6.07, 6.45) is 0.688. The number of hydrogen-bond acceptors (Lipinski definition) is 5. The molecule has 0 amide bonds.